The smallest absolute Gasteiger partial charge is 0.125 e. The molecule has 0 heterocycles. The van der Waals surface area contributed by atoms with Crippen LogP contribution in [0, 0.1) is 0 Å². The van der Waals surface area contributed by atoms with E-state index in [1.54, 1.807) is 0 Å². The number of rotatable bonds is 6. The van der Waals surface area contributed by atoms with Gasteiger partial charge in [0.15, 0.2) is 0 Å². The van der Waals surface area contributed by atoms with Gasteiger partial charge in [-0.3, -0.25) is 0 Å². The molecule has 0 saturated heterocycles. The maximum atomic E-state index is 6.29. The van der Waals surface area contributed by atoms with E-state index in [-0.39, 0.29) is 0 Å². The van der Waals surface area contributed by atoms with E-state index in [0.29, 0.717) is 5.92 Å². The van der Waals surface area contributed by atoms with Gasteiger partial charge in [-0.05, 0) is 42.5 Å². The van der Waals surface area contributed by atoms with Crippen molar-refractivity contribution < 1.29 is 0 Å². The highest BCUT2D eigenvalue weighted by Gasteiger charge is 2.26. The molecule has 1 unspecified atom stereocenters. The average molecular weight is 330 g/mol. The summed E-state index contributed by atoms with van der Waals surface area (Å²) in [5, 5.41) is 0.747. The Kier molecular flexibility index (Phi) is 6.68. The van der Waals surface area contributed by atoms with Crippen molar-refractivity contribution in [2.75, 3.05) is 0 Å². The van der Waals surface area contributed by atoms with Crippen molar-refractivity contribution in [3.8, 4) is 0 Å². The molecule has 96 valence electrons. The topological polar surface area (TPSA) is 0 Å². The molecule has 0 spiro atoms. The van der Waals surface area contributed by atoms with E-state index in [4.69, 9.17) is 45.9 Å². The molecule has 0 bridgehead atoms. The van der Waals surface area contributed by atoms with Gasteiger partial charge in [-0.25, -0.2) is 0 Å². The van der Waals surface area contributed by atoms with Crippen LogP contribution in [0.15, 0.2) is 24.3 Å². The van der Waals surface area contributed by atoms with E-state index >= 15 is 0 Å². The van der Waals surface area contributed by atoms with Gasteiger partial charge in [0.25, 0.3) is 0 Å². The molecule has 0 aliphatic heterocycles. The van der Waals surface area contributed by atoms with E-state index in [9.17, 15) is 0 Å². The summed E-state index contributed by atoms with van der Waals surface area (Å²) in [5.74, 6) is 0.319. The van der Waals surface area contributed by atoms with Crippen LogP contribution in [-0.2, 0) is 0 Å². The highest BCUT2D eigenvalue weighted by Crippen LogP contribution is 2.37. The van der Waals surface area contributed by atoms with E-state index < -0.39 is 13.2 Å². The largest absolute Gasteiger partial charge is 0.176 e. The Hall–Kier alpha value is 0.597. The molecule has 0 radical (unpaired) electrons. The minimum absolute atomic E-state index is 0.319. The van der Waals surface area contributed by atoms with E-state index in [1.165, 1.54) is 5.56 Å². The first-order valence-corrected chi connectivity index (χ1v) is 9.91. The molecule has 1 aromatic carbocycles. The first kappa shape index (κ1) is 15.7. The molecular formula is C12H16Cl4Si. The van der Waals surface area contributed by atoms with Crippen molar-refractivity contribution in [1.29, 1.82) is 0 Å². The van der Waals surface area contributed by atoms with Gasteiger partial charge in [0, 0.05) is 5.02 Å². The van der Waals surface area contributed by atoms with E-state index in [2.05, 4.69) is 6.92 Å². The van der Waals surface area contributed by atoms with E-state index in [1.807, 2.05) is 24.3 Å². The molecule has 1 atom stereocenters. The molecule has 1 rings (SSSR count). The lowest BCUT2D eigenvalue weighted by atomic mass is 9.95. The van der Waals surface area contributed by atoms with Crippen LogP contribution in [0.3, 0.4) is 0 Å². The number of alkyl halides is 2. The second kappa shape index (κ2) is 7.25. The van der Waals surface area contributed by atoms with Crippen LogP contribution in [0.5, 0.6) is 0 Å². The highest BCUT2D eigenvalue weighted by molar-refractivity contribution is 6.93. The van der Waals surface area contributed by atoms with Crippen molar-refractivity contribution in [3.63, 3.8) is 0 Å². The Morgan fingerprint density at radius 3 is 2.35 bits per heavy atom. The van der Waals surface area contributed by atoms with Crippen molar-refractivity contribution in [2.45, 2.75) is 36.1 Å². The fourth-order valence-corrected chi connectivity index (χ4v) is 4.23. The minimum Gasteiger partial charge on any atom is -0.176 e. The fraction of sp³-hybridized carbons (Fsp3) is 0.500. The predicted octanol–water partition coefficient (Wildman–Crippen LogP) is 5.14. The van der Waals surface area contributed by atoms with Gasteiger partial charge in [-0.2, -0.15) is 11.1 Å². The molecule has 0 nitrogen and oxygen atoms in total. The maximum Gasteiger partial charge on any atom is 0.125 e. The monoisotopic (exact) mass is 328 g/mol. The molecule has 1 aromatic rings. The van der Waals surface area contributed by atoms with Gasteiger partial charge < -0.3 is 0 Å². The minimum atomic E-state index is -0.666. The Bertz CT molecular complexity index is 337. The molecule has 0 fully saturated rings. The van der Waals surface area contributed by atoms with Crippen LogP contribution in [0.1, 0.15) is 31.2 Å². The average Bonchev–Trinajstić information content (AvgIpc) is 2.26. The van der Waals surface area contributed by atoms with Gasteiger partial charge in [-0.1, -0.05) is 30.7 Å². The lowest BCUT2D eigenvalue weighted by molar-refractivity contribution is 0.591. The van der Waals surface area contributed by atoms with Crippen LogP contribution < -0.4 is 0 Å². The summed E-state index contributed by atoms with van der Waals surface area (Å²) in [6.45, 7) is 2.13. The standard InChI is InChI=1S/C12H16Cl4Si/c1-9(8-12(14,15)6-7-17-16)10-2-4-11(13)5-3-10/h2-5,9H,6-8,17H2,1H3. The summed E-state index contributed by atoms with van der Waals surface area (Å²) in [4.78, 5) is 0. The first-order chi connectivity index (χ1) is 7.94. The summed E-state index contributed by atoms with van der Waals surface area (Å²) in [6.07, 6.45) is 1.52. The summed E-state index contributed by atoms with van der Waals surface area (Å²) in [7, 11) is -0.482. The van der Waals surface area contributed by atoms with E-state index in [0.717, 1.165) is 23.9 Å². The molecule has 5 heteroatoms. The Morgan fingerprint density at radius 1 is 1.24 bits per heavy atom. The lowest BCUT2D eigenvalue weighted by Gasteiger charge is -2.23. The Balaban J connectivity index is 2.58. The second-order valence-corrected chi connectivity index (χ2v) is 8.60. The van der Waals surface area contributed by atoms with Crippen LogP contribution in [0.2, 0.25) is 11.1 Å². The molecule has 0 aliphatic carbocycles. The third-order valence-electron chi connectivity index (χ3n) is 2.72. The SMILES string of the molecule is CC(CC(Cl)(Cl)CC[SiH2]Cl)c1ccc(Cl)cc1. The summed E-state index contributed by atoms with van der Waals surface area (Å²) in [6, 6.07) is 8.80. The highest BCUT2D eigenvalue weighted by atomic mass is 35.6. The predicted molar refractivity (Wildman–Crippen MR) is 82.7 cm³/mol. The zero-order chi connectivity index (χ0) is 12.9. The Morgan fingerprint density at radius 2 is 1.82 bits per heavy atom. The van der Waals surface area contributed by atoms with Gasteiger partial charge in [-0.15, -0.1) is 23.2 Å². The fourth-order valence-electron chi connectivity index (χ4n) is 1.78. The molecule has 17 heavy (non-hydrogen) atoms. The third kappa shape index (κ3) is 5.85. The van der Waals surface area contributed by atoms with Crippen LogP contribution in [0.25, 0.3) is 0 Å². The van der Waals surface area contributed by atoms with Crippen LogP contribution >= 0.6 is 45.9 Å². The number of hydrogen-bond donors (Lipinski definition) is 0. The molecule has 0 aliphatic rings. The maximum absolute atomic E-state index is 6.29. The van der Waals surface area contributed by atoms with Crippen molar-refractivity contribution in [2.24, 2.45) is 0 Å². The lowest BCUT2D eigenvalue weighted by Crippen LogP contribution is -2.16. The molecule has 0 N–H and O–H groups in total. The number of hydrogen-bond acceptors (Lipinski definition) is 0. The summed E-state index contributed by atoms with van der Waals surface area (Å²) in [5.41, 5.74) is 1.21. The van der Waals surface area contributed by atoms with Crippen molar-refractivity contribution in [1.82, 2.24) is 0 Å². The normalized spacial score (nSPS) is 14.4. The summed E-state index contributed by atoms with van der Waals surface area (Å²) >= 11 is 24.2. The summed E-state index contributed by atoms with van der Waals surface area (Å²) < 4.78 is -0.666. The third-order valence-corrected chi connectivity index (χ3v) is 5.08. The zero-order valence-corrected chi connectivity index (χ0v) is 14.2. The number of halogens is 4. The quantitative estimate of drug-likeness (QED) is 0.385. The molecule has 0 saturated carbocycles. The van der Waals surface area contributed by atoms with Gasteiger partial charge in [0.05, 0.1) is 0 Å². The zero-order valence-electron chi connectivity index (χ0n) is 9.73. The Labute approximate surface area is 125 Å². The van der Waals surface area contributed by atoms with Crippen molar-refractivity contribution in [3.05, 3.63) is 34.9 Å². The molecular weight excluding hydrogens is 314 g/mol. The van der Waals surface area contributed by atoms with Gasteiger partial charge >= 0.3 is 0 Å². The first-order valence-electron chi connectivity index (χ1n) is 5.64. The van der Waals surface area contributed by atoms with Crippen LogP contribution in [0.4, 0.5) is 0 Å². The van der Waals surface area contributed by atoms with Gasteiger partial charge in [0.1, 0.15) is 13.2 Å². The van der Waals surface area contributed by atoms with Gasteiger partial charge in [0.2, 0.25) is 0 Å². The number of benzene rings is 1. The second-order valence-electron chi connectivity index (χ2n) is 4.31. The molecule has 0 aromatic heterocycles. The van der Waals surface area contributed by atoms with Crippen LogP contribution in [-0.4, -0.2) is 13.2 Å². The molecule has 0 amide bonds. The van der Waals surface area contributed by atoms with Crippen molar-refractivity contribution >= 4 is 54.7 Å².